The minimum absolute atomic E-state index is 0.291. The smallest absolute Gasteiger partial charge is 0.290 e. The van der Waals surface area contributed by atoms with Crippen LogP contribution in [0.25, 0.3) is 0 Å². The summed E-state index contributed by atoms with van der Waals surface area (Å²) in [6, 6.07) is 16.5. The molecule has 1 saturated heterocycles. The zero-order chi connectivity index (χ0) is 26.8. The minimum atomic E-state index is -1.15. The van der Waals surface area contributed by atoms with E-state index in [1.165, 1.54) is 0 Å². The molecule has 2 aliphatic heterocycles. The first kappa shape index (κ1) is 24.7. The van der Waals surface area contributed by atoms with Crippen LogP contribution in [0.5, 0.6) is 0 Å². The number of anilines is 2. The van der Waals surface area contributed by atoms with Crippen LogP contribution in [0.1, 0.15) is 41.3 Å². The minimum Gasteiger partial charge on any atom is -0.407 e. The van der Waals surface area contributed by atoms with E-state index in [9.17, 15) is 4.79 Å². The van der Waals surface area contributed by atoms with Gasteiger partial charge in [-0.3, -0.25) is 15.6 Å². The maximum atomic E-state index is 13.1. The topological polar surface area (TPSA) is 149 Å². The average molecular weight is 525 g/mol. The lowest BCUT2D eigenvalue weighted by Crippen LogP contribution is -2.43. The normalized spacial score (nSPS) is 18.8. The zero-order valence-corrected chi connectivity index (χ0v) is 21.2. The molecule has 6 rings (SSSR count). The molecule has 2 aromatic carbocycles. The number of hydrogen-bond donors (Lipinski definition) is 4. The number of ether oxygens (including phenoxy) is 2. The highest BCUT2D eigenvalue weighted by Crippen LogP contribution is 2.39. The Labute approximate surface area is 225 Å². The number of carbonyl (C=O) groups is 1. The summed E-state index contributed by atoms with van der Waals surface area (Å²) in [4.78, 5) is 29.0. The Balaban J connectivity index is 1.23. The van der Waals surface area contributed by atoms with Gasteiger partial charge < -0.3 is 25.0 Å². The van der Waals surface area contributed by atoms with Crippen molar-refractivity contribution in [1.29, 1.82) is 10.8 Å². The molecule has 3 heterocycles. The third-order valence-corrected chi connectivity index (χ3v) is 6.75. The first-order valence-electron chi connectivity index (χ1n) is 12.9. The molecule has 1 aliphatic carbocycles. The Morgan fingerprint density at radius 1 is 1.05 bits per heavy atom. The molecule has 0 bridgehead atoms. The van der Waals surface area contributed by atoms with Gasteiger partial charge in [-0.25, -0.2) is 15.0 Å². The van der Waals surface area contributed by atoms with Crippen molar-refractivity contribution in [3.8, 4) is 0 Å². The number of benzodiazepines with no additional fused rings is 1. The summed E-state index contributed by atoms with van der Waals surface area (Å²) in [6.07, 6.45) is 2.55. The van der Waals surface area contributed by atoms with E-state index in [-0.39, 0.29) is 5.90 Å². The summed E-state index contributed by atoms with van der Waals surface area (Å²) >= 11 is 0. The molecule has 4 N–H and O–H groups in total. The Hall–Kier alpha value is -4.64. The molecule has 2 fully saturated rings. The Kier molecular flexibility index (Phi) is 6.72. The number of nitrogens with zero attached hydrogens (tertiary/aromatic N) is 4. The predicted octanol–water partition coefficient (Wildman–Crippen LogP) is 2.87. The van der Waals surface area contributed by atoms with E-state index in [4.69, 9.17) is 25.3 Å². The standard InChI is InChI=1S/C28H28N8O3/c29-23(20-16-31-24(18-10-11-18)34-26(20)36-12-14-38-15-13-36)39-28(30)35-25-27(37)32-21-9-5-4-8-19(21)22(33-25)17-6-2-1-3-7-17/h1-9,16,18,25,29H,10-15H2,(H2,30,35)(H,32,37)/t25-/m1/s1. The van der Waals surface area contributed by atoms with Crippen molar-refractivity contribution in [2.75, 3.05) is 36.5 Å². The van der Waals surface area contributed by atoms with Crippen LogP contribution in [0.2, 0.25) is 0 Å². The Bertz CT molecular complexity index is 1450. The number of carbonyl (C=O) groups excluding carboxylic acids is 1. The van der Waals surface area contributed by atoms with E-state index in [0.29, 0.717) is 55.0 Å². The number of para-hydroxylation sites is 1. The van der Waals surface area contributed by atoms with Crippen molar-refractivity contribution in [1.82, 2.24) is 15.3 Å². The number of nitrogens with one attached hydrogen (secondary N) is 4. The van der Waals surface area contributed by atoms with Crippen molar-refractivity contribution < 1.29 is 14.3 Å². The molecule has 11 nitrogen and oxygen atoms in total. The zero-order valence-electron chi connectivity index (χ0n) is 21.2. The molecule has 0 unspecified atom stereocenters. The lowest BCUT2D eigenvalue weighted by Gasteiger charge is -2.29. The van der Waals surface area contributed by atoms with Gasteiger partial charge in [-0.15, -0.1) is 0 Å². The van der Waals surface area contributed by atoms with Crippen LogP contribution in [-0.2, 0) is 14.3 Å². The highest BCUT2D eigenvalue weighted by Gasteiger charge is 2.31. The largest absolute Gasteiger partial charge is 0.407 e. The second-order valence-corrected chi connectivity index (χ2v) is 9.52. The third-order valence-electron chi connectivity index (χ3n) is 6.75. The van der Waals surface area contributed by atoms with Crippen molar-refractivity contribution in [2.45, 2.75) is 24.9 Å². The number of morpholine rings is 1. The fraction of sp³-hybridized carbons (Fsp3) is 0.286. The number of amides is 1. The number of hydrogen-bond acceptors (Lipinski definition) is 9. The number of benzene rings is 2. The predicted molar refractivity (Wildman–Crippen MR) is 147 cm³/mol. The first-order chi connectivity index (χ1) is 19.1. The molecule has 1 atom stereocenters. The second-order valence-electron chi connectivity index (χ2n) is 9.52. The maximum absolute atomic E-state index is 13.1. The molecule has 0 radical (unpaired) electrons. The summed E-state index contributed by atoms with van der Waals surface area (Å²) in [5.74, 6) is 0.975. The van der Waals surface area contributed by atoms with Crippen LogP contribution >= 0.6 is 0 Å². The van der Waals surface area contributed by atoms with E-state index in [1.54, 1.807) is 6.20 Å². The van der Waals surface area contributed by atoms with Gasteiger partial charge in [0.05, 0.1) is 30.2 Å². The summed E-state index contributed by atoms with van der Waals surface area (Å²) in [5, 5.41) is 22.7. The maximum Gasteiger partial charge on any atom is 0.290 e. The number of fused-ring (bicyclic) bond motifs is 1. The van der Waals surface area contributed by atoms with E-state index in [2.05, 4.69) is 20.6 Å². The Morgan fingerprint density at radius 2 is 1.79 bits per heavy atom. The summed E-state index contributed by atoms with van der Waals surface area (Å²) in [7, 11) is 0. The van der Waals surface area contributed by atoms with Gasteiger partial charge >= 0.3 is 0 Å². The van der Waals surface area contributed by atoms with E-state index in [1.807, 2.05) is 59.5 Å². The van der Waals surface area contributed by atoms with Gasteiger partial charge in [0.2, 0.25) is 12.1 Å². The molecule has 198 valence electrons. The van der Waals surface area contributed by atoms with Crippen LogP contribution in [0.15, 0.2) is 65.8 Å². The van der Waals surface area contributed by atoms with Gasteiger partial charge in [-0.2, -0.15) is 0 Å². The van der Waals surface area contributed by atoms with E-state index >= 15 is 0 Å². The molecule has 1 aromatic heterocycles. The monoisotopic (exact) mass is 524 g/mol. The quantitative estimate of drug-likeness (QED) is 0.296. The van der Waals surface area contributed by atoms with Gasteiger partial charge in [0.15, 0.2) is 0 Å². The fourth-order valence-electron chi connectivity index (χ4n) is 4.59. The summed E-state index contributed by atoms with van der Waals surface area (Å²) in [5.41, 5.74) is 3.20. The van der Waals surface area contributed by atoms with Crippen molar-refractivity contribution in [2.24, 2.45) is 4.99 Å². The fourth-order valence-corrected chi connectivity index (χ4v) is 4.59. The molecular weight excluding hydrogens is 496 g/mol. The molecule has 39 heavy (non-hydrogen) atoms. The van der Waals surface area contributed by atoms with Crippen LogP contribution in [0.4, 0.5) is 11.5 Å². The number of amidine groups is 1. The third kappa shape index (κ3) is 5.34. The number of rotatable bonds is 5. The average Bonchev–Trinajstić information content (AvgIpc) is 3.83. The lowest BCUT2D eigenvalue weighted by atomic mass is 10.0. The second kappa shape index (κ2) is 10.6. The van der Waals surface area contributed by atoms with Crippen molar-refractivity contribution >= 4 is 35.0 Å². The van der Waals surface area contributed by atoms with Gasteiger partial charge in [0, 0.05) is 36.3 Å². The molecule has 11 heteroatoms. The van der Waals surface area contributed by atoms with Gasteiger partial charge in [-0.1, -0.05) is 48.5 Å². The van der Waals surface area contributed by atoms with E-state index < -0.39 is 18.1 Å². The highest BCUT2D eigenvalue weighted by atomic mass is 16.5. The van der Waals surface area contributed by atoms with Gasteiger partial charge in [0.25, 0.3) is 11.9 Å². The molecule has 3 aromatic rings. The molecule has 3 aliphatic rings. The summed E-state index contributed by atoms with van der Waals surface area (Å²) < 4.78 is 11.0. The molecule has 1 saturated carbocycles. The van der Waals surface area contributed by atoms with Crippen molar-refractivity contribution in [3.05, 3.63) is 83.3 Å². The van der Waals surface area contributed by atoms with Crippen LogP contribution in [0.3, 0.4) is 0 Å². The van der Waals surface area contributed by atoms with Crippen LogP contribution in [0, 0.1) is 10.8 Å². The van der Waals surface area contributed by atoms with E-state index in [0.717, 1.165) is 29.8 Å². The number of aliphatic imine (C=N–C) groups is 1. The first-order valence-corrected chi connectivity index (χ1v) is 12.9. The van der Waals surface area contributed by atoms with Gasteiger partial charge in [-0.05, 0) is 18.9 Å². The highest BCUT2D eigenvalue weighted by molar-refractivity contribution is 6.19. The summed E-state index contributed by atoms with van der Waals surface area (Å²) in [6.45, 7) is 2.40. The Morgan fingerprint density at radius 3 is 2.56 bits per heavy atom. The van der Waals surface area contributed by atoms with Gasteiger partial charge in [0.1, 0.15) is 11.6 Å². The van der Waals surface area contributed by atoms with Crippen LogP contribution in [-0.4, -0.2) is 66.0 Å². The number of aromatic nitrogens is 2. The molecule has 1 amide bonds. The lowest BCUT2D eigenvalue weighted by molar-refractivity contribution is -0.117. The van der Waals surface area contributed by atoms with Crippen LogP contribution < -0.4 is 15.5 Å². The molecular formula is C28H28N8O3. The van der Waals surface area contributed by atoms with Crippen molar-refractivity contribution in [3.63, 3.8) is 0 Å². The SMILES string of the molecule is N=C(N[C@H]1N=C(c2ccccc2)c2ccccc2NC1=O)OC(=N)c1cnc(C2CC2)nc1N1CCOCC1. The molecule has 0 spiro atoms.